The van der Waals surface area contributed by atoms with Gasteiger partial charge in [0, 0.05) is 0 Å². The van der Waals surface area contributed by atoms with Crippen LogP contribution in [-0.4, -0.2) is 6.54 Å². The van der Waals surface area contributed by atoms with Crippen molar-refractivity contribution in [3.63, 3.8) is 0 Å². The molecule has 1 aliphatic rings. The minimum Gasteiger partial charge on any atom is -0.330 e. The Morgan fingerprint density at radius 1 is 1.46 bits per heavy atom. The molecular weight excluding hydrogens is 158 g/mol. The van der Waals surface area contributed by atoms with Gasteiger partial charge in [0.1, 0.15) is 0 Å². The predicted molar refractivity (Wildman–Crippen MR) is 55.9 cm³/mol. The minimum atomic E-state index is 0.757. The van der Waals surface area contributed by atoms with E-state index >= 15 is 0 Å². The molecule has 0 amide bonds. The van der Waals surface area contributed by atoms with E-state index in [1.54, 1.807) is 11.1 Å². The van der Waals surface area contributed by atoms with E-state index in [9.17, 15) is 0 Å². The lowest BCUT2D eigenvalue weighted by Crippen LogP contribution is -2.03. The second-order valence-electron chi connectivity index (χ2n) is 4.01. The fraction of sp³-hybridized carbons (Fsp3) is 0.500. The Labute approximate surface area is 80.0 Å². The molecule has 2 rings (SSSR count). The molecule has 1 heteroatoms. The van der Waals surface area contributed by atoms with Crippen LogP contribution in [0.15, 0.2) is 18.2 Å². The van der Waals surface area contributed by atoms with Crippen LogP contribution in [0.1, 0.15) is 36.0 Å². The summed E-state index contributed by atoms with van der Waals surface area (Å²) in [6.07, 6.45) is 3.60. The summed E-state index contributed by atoms with van der Waals surface area (Å²) < 4.78 is 0. The van der Waals surface area contributed by atoms with E-state index in [-0.39, 0.29) is 0 Å². The topological polar surface area (TPSA) is 26.0 Å². The molecule has 1 unspecified atom stereocenters. The van der Waals surface area contributed by atoms with Crippen LogP contribution in [-0.2, 0) is 12.8 Å². The summed E-state index contributed by atoms with van der Waals surface area (Å²) in [5.74, 6) is 0.757. The summed E-state index contributed by atoms with van der Waals surface area (Å²) in [6, 6.07) is 6.85. The van der Waals surface area contributed by atoms with Gasteiger partial charge in [0.15, 0.2) is 0 Å². The van der Waals surface area contributed by atoms with Gasteiger partial charge >= 0.3 is 0 Å². The largest absolute Gasteiger partial charge is 0.330 e. The summed E-state index contributed by atoms with van der Waals surface area (Å²) in [5, 5.41) is 0. The molecule has 0 saturated carbocycles. The standard InChI is InChI=1S/C12H17N/c1-9-2-4-11-5-3-10(6-7-13)8-12(9)11/h3,5,8-9H,2,4,6-7,13H2,1H3. The van der Waals surface area contributed by atoms with Gasteiger partial charge in [0.05, 0.1) is 0 Å². The average Bonchev–Trinajstić information content (AvgIpc) is 2.49. The summed E-state index contributed by atoms with van der Waals surface area (Å²) >= 11 is 0. The number of hydrogen-bond acceptors (Lipinski definition) is 1. The van der Waals surface area contributed by atoms with Crippen molar-refractivity contribution in [1.82, 2.24) is 0 Å². The minimum absolute atomic E-state index is 0.757. The van der Waals surface area contributed by atoms with E-state index in [0.717, 1.165) is 18.9 Å². The molecule has 0 aliphatic heterocycles. The molecule has 0 aromatic heterocycles. The van der Waals surface area contributed by atoms with E-state index < -0.39 is 0 Å². The molecule has 1 aromatic rings. The van der Waals surface area contributed by atoms with Crippen molar-refractivity contribution in [3.8, 4) is 0 Å². The number of rotatable bonds is 2. The molecule has 0 saturated heterocycles. The van der Waals surface area contributed by atoms with Crippen molar-refractivity contribution in [2.24, 2.45) is 5.73 Å². The van der Waals surface area contributed by atoms with E-state index in [0.29, 0.717) is 0 Å². The van der Waals surface area contributed by atoms with Gasteiger partial charge in [0.25, 0.3) is 0 Å². The SMILES string of the molecule is CC1CCc2ccc(CCN)cc21. The van der Waals surface area contributed by atoms with Crippen LogP contribution in [0.4, 0.5) is 0 Å². The molecule has 0 fully saturated rings. The first kappa shape index (κ1) is 8.76. The second-order valence-corrected chi connectivity index (χ2v) is 4.01. The maximum absolute atomic E-state index is 5.54. The second kappa shape index (κ2) is 3.51. The molecule has 70 valence electrons. The average molecular weight is 175 g/mol. The lowest BCUT2D eigenvalue weighted by atomic mass is 10.00. The Morgan fingerprint density at radius 3 is 3.08 bits per heavy atom. The maximum atomic E-state index is 5.54. The normalized spacial score (nSPS) is 20.3. The first-order chi connectivity index (χ1) is 6.31. The number of benzene rings is 1. The molecule has 0 bridgehead atoms. The maximum Gasteiger partial charge on any atom is -0.00367 e. The zero-order valence-electron chi connectivity index (χ0n) is 8.22. The van der Waals surface area contributed by atoms with Gasteiger partial charge in [-0.3, -0.25) is 0 Å². The van der Waals surface area contributed by atoms with Crippen molar-refractivity contribution in [1.29, 1.82) is 0 Å². The molecule has 1 atom stereocenters. The first-order valence-corrected chi connectivity index (χ1v) is 5.13. The monoisotopic (exact) mass is 175 g/mol. The van der Waals surface area contributed by atoms with Crippen molar-refractivity contribution >= 4 is 0 Å². The Hall–Kier alpha value is -0.820. The molecule has 1 aromatic carbocycles. The van der Waals surface area contributed by atoms with Gasteiger partial charge in [-0.05, 0) is 48.4 Å². The highest BCUT2D eigenvalue weighted by Crippen LogP contribution is 2.32. The van der Waals surface area contributed by atoms with E-state index in [4.69, 9.17) is 5.73 Å². The molecular formula is C12H17N. The number of fused-ring (bicyclic) bond motifs is 1. The Kier molecular flexibility index (Phi) is 2.36. The highest BCUT2D eigenvalue weighted by atomic mass is 14.5. The molecule has 13 heavy (non-hydrogen) atoms. The lowest BCUT2D eigenvalue weighted by Gasteiger charge is -2.06. The molecule has 1 aliphatic carbocycles. The van der Waals surface area contributed by atoms with Crippen LogP contribution in [0.3, 0.4) is 0 Å². The molecule has 1 nitrogen and oxygen atoms in total. The van der Waals surface area contributed by atoms with Crippen LogP contribution in [0.5, 0.6) is 0 Å². The third kappa shape index (κ3) is 1.61. The molecule has 0 radical (unpaired) electrons. The van der Waals surface area contributed by atoms with Crippen molar-refractivity contribution < 1.29 is 0 Å². The van der Waals surface area contributed by atoms with Gasteiger partial charge in [-0.25, -0.2) is 0 Å². The van der Waals surface area contributed by atoms with Crippen LogP contribution in [0.25, 0.3) is 0 Å². The third-order valence-corrected chi connectivity index (χ3v) is 3.02. The molecule has 0 spiro atoms. The first-order valence-electron chi connectivity index (χ1n) is 5.13. The zero-order valence-corrected chi connectivity index (χ0v) is 8.22. The van der Waals surface area contributed by atoms with Crippen molar-refractivity contribution in [2.75, 3.05) is 6.54 Å². The number of aryl methyl sites for hydroxylation is 1. The van der Waals surface area contributed by atoms with Gasteiger partial charge in [0.2, 0.25) is 0 Å². The zero-order chi connectivity index (χ0) is 9.26. The Bertz CT molecular complexity index is 304. The van der Waals surface area contributed by atoms with Crippen molar-refractivity contribution in [3.05, 3.63) is 34.9 Å². The Morgan fingerprint density at radius 2 is 2.31 bits per heavy atom. The van der Waals surface area contributed by atoms with Crippen LogP contribution >= 0.6 is 0 Å². The van der Waals surface area contributed by atoms with E-state index in [1.807, 2.05) is 0 Å². The summed E-state index contributed by atoms with van der Waals surface area (Å²) in [6.45, 7) is 3.07. The lowest BCUT2D eigenvalue weighted by molar-refractivity contribution is 0.746. The highest BCUT2D eigenvalue weighted by Gasteiger charge is 2.17. The van der Waals surface area contributed by atoms with E-state index in [2.05, 4.69) is 25.1 Å². The number of hydrogen-bond donors (Lipinski definition) is 1. The van der Waals surface area contributed by atoms with Gasteiger partial charge in [-0.1, -0.05) is 25.1 Å². The smallest absolute Gasteiger partial charge is 0.00367 e. The third-order valence-electron chi connectivity index (χ3n) is 3.02. The predicted octanol–water partition coefficient (Wildman–Crippen LogP) is 2.24. The quantitative estimate of drug-likeness (QED) is 0.733. The van der Waals surface area contributed by atoms with Gasteiger partial charge < -0.3 is 5.73 Å². The van der Waals surface area contributed by atoms with Crippen LogP contribution in [0, 0.1) is 0 Å². The summed E-state index contributed by atoms with van der Waals surface area (Å²) in [4.78, 5) is 0. The molecule has 2 N–H and O–H groups in total. The van der Waals surface area contributed by atoms with Crippen LogP contribution in [0.2, 0.25) is 0 Å². The fourth-order valence-electron chi connectivity index (χ4n) is 2.18. The number of nitrogens with two attached hydrogens (primary N) is 1. The van der Waals surface area contributed by atoms with Gasteiger partial charge in [-0.15, -0.1) is 0 Å². The Balaban J connectivity index is 2.31. The van der Waals surface area contributed by atoms with Gasteiger partial charge in [-0.2, -0.15) is 0 Å². The van der Waals surface area contributed by atoms with Crippen LogP contribution < -0.4 is 5.73 Å². The highest BCUT2D eigenvalue weighted by molar-refractivity contribution is 5.38. The summed E-state index contributed by atoms with van der Waals surface area (Å²) in [5.41, 5.74) is 10.0. The summed E-state index contributed by atoms with van der Waals surface area (Å²) in [7, 11) is 0. The molecule has 0 heterocycles. The van der Waals surface area contributed by atoms with Crippen molar-refractivity contribution in [2.45, 2.75) is 32.1 Å². The van der Waals surface area contributed by atoms with E-state index in [1.165, 1.54) is 18.4 Å². The fourth-order valence-corrected chi connectivity index (χ4v) is 2.18.